The largest absolute Gasteiger partial charge is 0.506 e. The molecule has 2 N–H and O–H groups in total. The number of carbonyl (C=O) groups is 1. The number of halogens is 2. The second-order valence-corrected chi connectivity index (χ2v) is 4.63. The van der Waals surface area contributed by atoms with Crippen LogP contribution in [0.5, 0.6) is 5.75 Å². The van der Waals surface area contributed by atoms with Gasteiger partial charge in [-0.3, -0.25) is 4.79 Å². The third-order valence-corrected chi connectivity index (χ3v) is 2.88. The van der Waals surface area contributed by atoms with E-state index in [0.29, 0.717) is 15.1 Å². The molecule has 0 bridgehead atoms. The molecule has 0 aliphatic rings. The summed E-state index contributed by atoms with van der Waals surface area (Å²) in [5.41, 5.74) is 0.532. The van der Waals surface area contributed by atoms with Crippen molar-refractivity contribution in [3.05, 3.63) is 27.2 Å². The fourth-order valence-electron chi connectivity index (χ4n) is 1.19. The maximum atomic E-state index is 10.7. The minimum Gasteiger partial charge on any atom is -0.506 e. The molecule has 0 aliphatic heterocycles. The third-order valence-electron chi connectivity index (χ3n) is 2.05. The monoisotopic (exact) mass is 292 g/mol. The molecule has 0 aromatic heterocycles. The van der Waals surface area contributed by atoms with Gasteiger partial charge in [-0.2, -0.15) is 0 Å². The fourth-order valence-corrected chi connectivity index (χ4v) is 2.07. The number of carboxylic acids is 1. The van der Waals surface area contributed by atoms with Crippen molar-refractivity contribution < 1.29 is 15.0 Å². The molecule has 1 unspecified atom stereocenters. The van der Waals surface area contributed by atoms with Crippen LogP contribution in [0, 0.1) is 5.92 Å². The Hall–Kier alpha value is -0.740. The zero-order valence-corrected chi connectivity index (χ0v) is 10.3. The predicted octanol–water partition coefficient (Wildman–Crippen LogP) is 3.07. The van der Waals surface area contributed by atoms with Gasteiger partial charge in [0.2, 0.25) is 0 Å². The summed E-state index contributed by atoms with van der Waals surface area (Å²) in [5.74, 6) is -1.40. The average Bonchev–Trinajstić information content (AvgIpc) is 2.13. The minimum atomic E-state index is -0.898. The van der Waals surface area contributed by atoms with Crippen LogP contribution in [0.15, 0.2) is 16.6 Å². The van der Waals surface area contributed by atoms with Gasteiger partial charge < -0.3 is 10.2 Å². The number of carboxylic acid groups (broad SMARTS) is 1. The van der Waals surface area contributed by atoms with Gasteiger partial charge in [0.15, 0.2) is 0 Å². The number of rotatable bonds is 3. The highest BCUT2D eigenvalue weighted by Crippen LogP contribution is 2.32. The van der Waals surface area contributed by atoms with Crippen LogP contribution in [0.4, 0.5) is 0 Å². The highest BCUT2D eigenvalue weighted by atomic mass is 79.9. The number of hydrogen-bond acceptors (Lipinski definition) is 2. The molecule has 1 aromatic rings. The summed E-state index contributed by atoms with van der Waals surface area (Å²) in [5, 5.41) is 18.9. The Bertz CT molecular complexity index is 392. The van der Waals surface area contributed by atoms with Crippen molar-refractivity contribution in [2.75, 3.05) is 0 Å². The molecule has 0 fully saturated rings. The van der Waals surface area contributed by atoms with Crippen molar-refractivity contribution >= 4 is 33.5 Å². The molecule has 3 nitrogen and oxygen atoms in total. The first-order chi connectivity index (χ1) is 6.91. The molecule has 1 rings (SSSR count). The van der Waals surface area contributed by atoms with Gasteiger partial charge in [0, 0.05) is 5.02 Å². The normalized spacial score (nSPS) is 12.5. The van der Waals surface area contributed by atoms with E-state index >= 15 is 0 Å². The molecule has 1 aromatic carbocycles. The summed E-state index contributed by atoms with van der Waals surface area (Å²) < 4.78 is 0.475. The van der Waals surface area contributed by atoms with Crippen LogP contribution in [-0.4, -0.2) is 16.2 Å². The number of phenols is 1. The quantitative estimate of drug-likeness (QED) is 0.900. The molecule has 0 saturated carbocycles. The lowest BCUT2D eigenvalue weighted by Crippen LogP contribution is -2.12. The second-order valence-electron chi connectivity index (χ2n) is 3.34. The van der Waals surface area contributed by atoms with Gasteiger partial charge in [-0.15, -0.1) is 0 Å². The van der Waals surface area contributed by atoms with Crippen LogP contribution < -0.4 is 0 Å². The molecule has 0 radical (unpaired) electrons. The van der Waals surface area contributed by atoms with E-state index in [1.807, 2.05) is 0 Å². The van der Waals surface area contributed by atoms with Gasteiger partial charge >= 0.3 is 5.97 Å². The molecule has 0 spiro atoms. The number of aromatic hydroxyl groups is 1. The van der Waals surface area contributed by atoms with Crippen molar-refractivity contribution in [3.63, 3.8) is 0 Å². The Morgan fingerprint density at radius 1 is 1.60 bits per heavy atom. The van der Waals surface area contributed by atoms with E-state index in [9.17, 15) is 9.90 Å². The van der Waals surface area contributed by atoms with E-state index in [1.165, 1.54) is 0 Å². The number of aliphatic carboxylic acids is 1. The lowest BCUT2D eigenvalue weighted by molar-refractivity contribution is -0.141. The molecule has 15 heavy (non-hydrogen) atoms. The molecule has 1 atom stereocenters. The van der Waals surface area contributed by atoms with E-state index in [-0.39, 0.29) is 12.2 Å². The maximum Gasteiger partial charge on any atom is 0.306 e. The summed E-state index contributed by atoms with van der Waals surface area (Å²) in [7, 11) is 0. The Labute approximate surface area is 101 Å². The fraction of sp³-hybridized carbons (Fsp3) is 0.300. The standard InChI is InChI=1S/C10H10BrClO3/c1-5(10(14)15)2-6-3-7(12)4-8(11)9(6)13/h3-5,13H,2H2,1H3,(H,14,15). The summed E-state index contributed by atoms with van der Waals surface area (Å²) in [6.45, 7) is 1.58. The number of phenolic OH excluding ortho intramolecular Hbond substituents is 1. The Balaban J connectivity index is 2.99. The zero-order chi connectivity index (χ0) is 11.6. The van der Waals surface area contributed by atoms with Crippen LogP contribution in [0.25, 0.3) is 0 Å². The van der Waals surface area contributed by atoms with Crippen LogP contribution in [0.1, 0.15) is 12.5 Å². The van der Waals surface area contributed by atoms with Gasteiger partial charge in [0.25, 0.3) is 0 Å². The van der Waals surface area contributed by atoms with E-state index < -0.39 is 11.9 Å². The summed E-state index contributed by atoms with van der Waals surface area (Å²) in [6, 6.07) is 3.13. The number of hydrogen-bond donors (Lipinski definition) is 2. The Kier molecular flexibility index (Phi) is 3.99. The molecule has 82 valence electrons. The highest BCUT2D eigenvalue weighted by molar-refractivity contribution is 9.10. The zero-order valence-electron chi connectivity index (χ0n) is 8.00. The van der Waals surface area contributed by atoms with Crippen molar-refractivity contribution in [1.29, 1.82) is 0 Å². The molecular formula is C10H10BrClO3. The predicted molar refractivity (Wildman–Crippen MR) is 61.3 cm³/mol. The van der Waals surface area contributed by atoms with Gasteiger partial charge in [0.1, 0.15) is 5.75 Å². The molecule has 0 aliphatic carbocycles. The van der Waals surface area contributed by atoms with Crippen molar-refractivity contribution in [2.24, 2.45) is 5.92 Å². The minimum absolute atomic E-state index is 0.0486. The van der Waals surface area contributed by atoms with E-state index in [0.717, 1.165) is 0 Å². The van der Waals surface area contributed by atoms with Crippen LogP contribution in [0.2, 0.25) is 5.02 Å². The SMILES string of the molecule is CC(Cc1cc(Cl)cc(Br)c1O)C(=O)O. The summed E-state index contributed by atoms with van der Waals surface area (Å²) in [4.78, 5) is 10.7. The van der Waals surface area contributed by atoms with Gasteiger partial charge in [-0.25, -0.2) is 0 Å². The first kappa shape index (κ1) is 12.3. The van der Waals surface area contributed by atoms with E-state index in [2.05, 4.69) is 15.9 Å². The summed E-state index contributed by atoms with van der Waals surface area (Å²) in [6.07, 6.45) is 0.250. The summed E-state index contributed by atoms with van der Waals surface area (Å²) >= 11 is 8.94. The van der Waals surface area contributed by atoms with Gasteiger partial charge in [-0.05, 0) is 40.0 Å². The van der Waals surface area contributed by atoms with Gasteiger partial charge in [0.05, 0.1) is 10.4 Å². The third kappa shape index (κ3) is 3.11. The first-order valence-corrected chi connectivity index (χ1v) is 5.48. The lowest BCUT2D eigenvalue weighted by Gasteiger charge is -2.09. The van der Waals surface area contributed by atoms with Crippen molar-refractivity contribution in [1.82, 2.24) is 0 Å². The van der Waals surface area contributed by atoms with Crippen LogP contribution in [-0.2, 0) is 11.2 Å². The van der Waals surface area contributed by atoms with E-state index in [1.54, 1.807) is 19.1 Å². The van der Waals surface area contributed by atoms with Crippen LogP contribution in [0.3, 0.4) is 0 Å². The van der Waals surface area contributed by atoms with Crippen LogP contribution >= 0.6 is 27.5 Å². The smallest absolute Gasteiger partial charge is 0.306 e. The van der Waals surface area contributed by atoms with Gasteiger partial charge in [-0.1, -0.05) is 18.5 Å². The Morgan fingerprint density at radius 2 is 2.20 bits per heavy atom. The molecule has 5 heteroatoms. The maximum absolute atomic E-state index is 10.7. The topological polar surface area (TPSA) is 57.5 Å². The van der Waals surface area contributed by atoms with E-state index in [4.69, 9.17) is 16.7 Å². The molecule has 0 amide bonds. The first-order valence-electron chi connectivity index (χ1n) is 4.31. The Morgan fingerprint density at radius 3 is 2.73 bits per heavy atom. The van der Waals surface area contributed by atoms with Crippen molar-refractivity contribution in [3.8, 4) is 5.75 Å². The molecule has 0 heterocycles. The van der Waals surface area contributed by atoms with Crippen molar-refractivity contribution in [2.45, 2.75) is 13.3 Å². The molecular weight excluding hydrogens is 283 g/mol. The molecule has 0 saturated heterocycles. The highest BCUT2D eigenvalue weighted by Gasteiger charge is 2.15. The second kappa shape index (κ2) is 4.86. The average molecular weight is 294 g/mol. The number of benzene rings is 1. The lowest BCUT2D eigenvalue weighted by atomic mass is 10.0.